The lowest BCUT2D eigenvalue weighted by Gasteiger charge is -2.33. The third-order valence-corrected chi connectivity index (χ3v) is 5.67. The number of nitrogens with zero attached hydrogens (tertiary/aromatic N) is 5. The Morgan fingerprint density at radius 1 is 1.19 bits per heavy atom. The van der Waals surface area contributed by atoms with Gasteiger partial charge in [0, 0.05) is 43.9 Å². The van der Waals surface area contributed by atoms with Gasteiger partial charge in [-0.15, -0.1) is 10.2 Å². The highest BCUT2D eigenvalue weighted by atomic mass is 32.1. The number of hydrogen-bond donors (Lipinski definition) is 2. The van der Waals surface area contributed by atoms with Gasteiger partial charge in [-0.3, -0.25) is 4.98 Å². The molecule has 8 heteroatoms. The summed E-state index contributed by atoms with van der Waals surface area (Å²) in [6.07, 6.45) is 6.91. The molecule has 0 saturated carbocycles. The lowest BCUT2D eigenvalue weighted by Crippen LogP contribution is -2.34. The number of nitrogen functional groups attached to an aromatic ring is 1. The minimum absolute atomic E-state index is 0.393. The van der Waals surface area contributed by atoms with E-state index in [2.05, 4.69) is 36.4 Å². The van der Waals surface area contributed by atoms with Crippen molar-refractivity contribution < 1.29 is 0 Å². The van der Waals surface area contributed by atoms with E-state index in [9.17, 15) is 0 Å². The highest BCUT2D eigenvalue weighted by molar-refractivity contribution is 7.15. The van der Waals surface area contributed by atoms with E-state index in [4.69, 9.17) is 5.73 Å². The first-order chi connectivity index (χ1) is 13.3. The second kappa shape index (κ2) is 8.30. The van der Waals surface area contributed by atoms with Gasteiger partial charge in [-0.05, 0) is 37.1 Å². The average molecular weight is 382 g/mol. The molecule has 0 aliphatic carbocycles. The SMILES string of the molecule is Nc1nnc(C2CCCN(c3ccc(NCCc4ccccn4)nc3)C2)s1. The first kappa shape index (κ1) is 17.7. The smallest absolute Gasteiger partial charge is 0.203 e. The van der Waals surface area contributed by atoms with E-state index in [0.717, 1.165) is 61.1 Å². The Labute approximate surface area is 162 Å². The van der Waals surface area contributed by atoms with E-state index in [1.807, 2.05) is 36.7 Å². The normalized spacial score (nSPS) is 17.0. The Morgan fingerprint density at radius 2 is 2.15 bits per heavy atom. The van der Waals surface area contributed by atoms with E-state index < -0.39 is 0 Å². The van der Waals surface area contributed by atoms with Gasteiger partial charge in [0.05, 0.1) is 11.9 Å². The molecule has 1 aliphatic rings. The molecule has 0 bridgehead atoms. The van der Waals surface area contributed by atoms with Crippen LogP contribution in [0.5, 0.6) is 0 Å². The summed E-state index contributed by atoms with van der Waals surface area (Å²) < 4.78 is 0. The van der Waals surface area contributed by atoms with Crippen LogP contribution >= 0.6 is 11.3 Å². The quantitative estimate of drug-likeness (QED) is 0.678. The molecule has 140 valence electrons. The summed E-state index contributed by atoms with van der Waals surface area (Å²) in [7, 11) is 0. The van der Waals surface area contributed by atoms with Gasteiger partial charge in [-0.25, -0.2) is 4.98 Å². The van der Waals surface area contributed by atoms with E-state index in [1.165, 1.54) is 11.3 Å². The van der Waals surface area contributed by atoms with Crippen LogP contribution in [0.25, 0.3) is 0 Å². The highest BCUT2D eigenvalue weighted by Gasteiger charge is 2.24. The maximum absolute atomic E-state index is 5.74. The van der Waals surface area contributed by atoms with E-state index in [-0.39, 0.29) is 0 Å². The molecule has 3 aromatic rings. The van der Waals surface area contributed by atoms with Crippen molar-refractivity contribution in [1.29, 1.82) is 0 Å². The Kier molecular flexibility index (Phi) is 5.43. The molecule has 1 unspecified atom stereocenters. The van der Waals surface area contributed by atoms with Crippen molar-refractivity contribution in [2.75, 3.05) is 35.6 Å². The van der Waals surface area contributed by atoms with Crippen molar-refractivity contribution >= 4 is 28.0 Å². The van der Waals surface area contributed by atoms with Gasteiger partial charge in [-0.1, -0.05) is 17.4 Å². The van der Waals surface area contributed by atoms with Gasteiger partial charge in [0.15, 0.2) is 0 Å². The molecule has 1 saturated heterocycles. The molecule has 1 atom stereocenters. The maximum Gasteiger partial charge on any atom is 0.203 e. The standard InChI is InChI=1S/C19H23N7S/c20-19-25-24-18(27-19)14-4-3-11-26(13-14)16-6-7-17(23-12-16)22-10-8-15-5-1-2-9-21-15/h1-2,5-7,9,12,14H,3-4,8,10-11,13H2,(H2,20,25)(H,22,23). The maximum atomic E-state index is 5.74. The first-order valence-electron chi connectivity index (χ1n) is 9.21. The van der Waals surface area contributed by atoms with Crippen LogP contribution in [0.3, 0.4) is 0 Å². The second-order valence-electron chi connectivity index (χ2n) is 6.66. The number of piperidine rings is 1. The summed E-state index contributed by atoms with van der Waals surface area (Å²) in [5.74, 6) is 1.28. The third-order valence-electron chi connectivity index (χ3n) is 4.75. The molecule has 7 nitrogen and oxygen atoms in total. The van der Waals surface area contributed by atoms with Crippen LogP contribution in [-0.2, 0) is 6.42 Å². The number of nitrogens with two attached hydrogens (primary N) is 1. The van der Waals surface area contributed by atoms with Crippen molar-refractivity contribution in [3.63, 3.8) is 0 Å². The van der Waals surface area contributed by atoms with E-state index in [0.29, 0.717) is 11.0 Å². The Hall–Kier alpha value is -2.74. The summed E-state index contributed by atoms with van der Waals surface area (Å²) in [6, 6.07) is 10.2. The number of aromatic nitrogens is 4. The molecule has 0 aromatic carbocycles. The number of hydrogen-bond acceptors (Lipinski definition) is 8. The summed E-state index contributed by atoms with van der Waals surface area (Å²) in [5, 5.41) is 13.1. The van der Waals surface area contributed by atoms with E-state index >= 15 is 0 Å². The fourth-order valence-electron chi connectivity index (χ4n) is 3.37. The molecule has 3 N–H and O–H groups in total. The minimum Gasteiger partial charge on any atom is -0.374 e. The molecule has 0 spiro atoms. The van der Waals surface area contributed by atoms with Gasteiger partial charge < -0.3 is 16.0 Å². The Bertz CT molecular complexity index is 850. The van der Waals surface area contributed by atoms with Crippen LogP contribution < -0.4 is 16.0 Å². The second-order valence-corrected chi connectivity index (χ2v) is 7.70. The summed E-state index contributed by atoms with van der Waals surface area (Å²) in [5.41, 5.74) is 7.96. The molecular formula is C19H23N7S. The zero-order valence-corrected chi connectivity index (χ0v) is 15.9. The van der Waals surface area contributed by atoms with Crippen LogP contribution in [0.1, 0.15) is 29.5 Å². The molecule has 3 aromatic heterocycles. The number of nitrogens with one attached hydrogen (secondary N) is 1. The molecule has 0 amide bonds. The summed E-state index contributed by atoms with van der Waals surface area (Å²) in [6.45, 7) is 2.79. The zero-order chi connectivity index (χ0) is 18.5. The fraction of sp³-hybridized carbons (Fsp3) is 0.368. The van der Waals surface area contributed by atoms with Gasteiger partial charge in [0.25, 0.3) is 0 Å². The van der Waals surface area contributed by atoms with Crippen molar-refractivity contribution in [1.82, 2.24) is 20.2 Å². The number of rotatable bonds is 6. The summed E-state index contributed by atoms with van der Waals surface area (Å²) >= 11 is 1.50. The Balaban J connectivity index is 1.33. The average Bonchev–Trinajstić information content (AvgIpc) is 3.16. The van der Waals surface area contributed by atoms with Crippen molar-refractivity contribution in [3.8, 4) is 0 Å². The Morgan fingerprint density at radius 3 is 2.89 bits per heavy atom. The van der Waals surface area contributed by atoms with Crippen molar-refractivity contribution in [2.45, 2.75) is 25.2 Å². The fourth-order valence-corrected chi connectivity index (χ4v) is 4.10. The van der Waals surface area contributed by atoms with Crippen LogP contribution in [0.15, 0.2) is 42.7 Å². The largest absolute Gasteiger partial charge is 0.374 e. The van der Waals surface area contributed by atoms with Gasteiger partial charge in [0.2, 0.25) is 5.13 Å². The zero-order valence-electron chi connectivity index (χ0n) is 15.1. The number of pyridine rings is 2. The summed E-state index contributed by atoms with van der Waals surface area (Å²) in [4.78, 5) is 11.3. The van der Waals surface area contributed by atoms with Crippen molar-refractivity contribution in [3.05, 3.63) is 53.4 Å². The molecule has 1 aliphatic heterocycles. The van der Waals surface area contributed by atoms with Crippen LogP contribution in [0.2, 0.25) is 0 Å². The molecule has 27 heavy (non-hydrogen) atoms. The van der Waals surface area contributed by atoms with E-state index in [1.54, 1.807) is 0 Å². The molecule has 4 heterocycles. The number of anilines is 3. The van der Waals surface area contributed by atoms with Gasteiger partial charge in [-0.2, -0.15) is 0 Å². The van der Waals surface area contributed by atoms with Gasteiger partial charge in [0.1, 0.15) is 10.8 Å². The minimum atomic E-state index is 0.393. The van der Waals surface area contributed by atoms with Crippen LogP contribution in [0, 0.1) is 0 Å². The lowest BCUT2D eigenvalue weighted by atomic mass is 9.98. The van der Waals surface area contributed by atoms with Gasteiger partial charge >= 0.3 is 0 Å². The topological polar surface area (TPSA) is 92.8 Å². The molecule has 0 radical (unpaired) electrons. The predicted octanol–water partition coefficient (Wildman–Crippen LogP) is 2.95. The molecular weight excluding hydrogens is 358 g/mol. The lowest BCUT2D eigenvalue weighted by molar-refractivity contribution is 0.506. The van der Waals surface area contributed by atoms with Crippen LogP contribution in [-0.4, -0.2) is 39.8 Å². The van der Waals surface area contributed by atoms with Crippen LogP contribution in [0.4, 0.5) is 16.6 Å². The first-order valence-corrected chi connectivity index (χ1v) is 10.0. The monoisotopic (exact) mass is 381 g/mol. The molecule has 4 rings (SSSR count). The predicted molar refractivity (Wildman–Crippen MR) is 109 cm³/mol. The highest BCUT2D eigenvalue weighted by Crippen LogP contribution is 2.32. The third kappa shape index (κ3) is 4.51. The molecule has 1 fully saturated rings. The van der Waals surface area contributed by atoms with Crippen molar-refractivity contribution in [2.24, 2.45) is 0 Å².